The molecule has 0 bridgehead atoms. The largest absolute Gasteiger partial charge is 0.367 e. The van der Waals surface area contributed by atoms with Gasteiger partial charge in [-0.2, -0.15) is 0 Å². The maximum atomic E-state index is 5.73. The van der Waals surface area contributed by atoms with Crippen molar-refractivity contribution in [1.29, 1.82) is 0 Å². The van der Waals surface area contributed by atoms with Crippen molar-refractivity contribution in [3.8, 4) is 0 Å². The molecule has 2 rings (SSSR count). The lowest BCUT2D eigenvalue weighted by Gasteiger charge is -2.38. The van der Waals surface area contributed by atoms with Gasteiger partial charge in [-0.25, -0.2) is 0 Å². The van der Waals surface area contributed by atoms with Gasteiger partial charge in [0.2, 0.25) is 0 Å². The molecule has 0 amide bonds. The molecule has 1 aromatic heterocycles. The van der Waals surface area contributed by atoms with E-state index in [-0.39, 0.29) is 0 Å². The van der Waals surface area contributed by atoms with E-state index >= 15 is 0 Å². The van der Waals surface area contributed by atoms with E-state index in [1.54, 1.807) is 0 Å². The molecule has 0 radical (unpaired) electrons. The second kappa shape index (κ2) is 5.47. The van der Waals surface area contributed by atoms with Crippen LogP contribution in [0.25, 0.3) is 0 Å². The third kappa shape index (κ3) is 2.76. The highest BCUT2D eigenvalue weighted by molar-refractivity contribution is 5.50. The van der Waals surface area contributed by atoms with E-state index in [0.29, 0.717) is 12.6 Å². The number of hydrogen-bond donors (Lipinski definition) is 1. The third-order valence-electron chi connectivity index (χ3n) is 3.44. The molecule has 0 spiro atoms. The van der Waals surface area contributed by atoms with Gasteiger partial charge in [0, 0.05) is 45.0 Å². The van der Waals surface area contributed by atoms with Crippen LogP contribution in [0.5, 0.6) is 0 Å². The van der Waals surface area contributed by atoms with Gasteiger partial charge in [0.1, 0.15) is 0 Å². The highest BCUT2D eigenvalue weighted by Crippen LogP contribution is 2.20. The van der Waals surface area contributed by atoms with Gasteiger partial charge in [-0.3, -0.25) is 9.88 Å². The van der Waals surface area contributed by atoms with Crippen molar-refractivity contribution >= 4 is 5.69 Å². The number of rotatable bonds is 3. The summed E-state index contributed by atoms with van der Waals surface area (Å²) in [4.78, 5) is 9.25. The Morgan fingerprint density at radius 2 is 2.00 bits per heavy atom. The van der Waals surface area contributed by atoms with Crippen molar-refractivity contribution in [3.05, 3.63) is 24.0 Å². The van der Waals surface area contributed by atoms with Gasteiger partial charge in [-0.05, 0) is 26.0 Å². The second-order valence-corrected chi connectivity index (χ2v) is 4.79. The topological polar surface area (TPSA) is 45.4 Å². The van der Waals surface area contributed by atoms with E-state index in [9.17, 15) is 0 Å². The predicted octanol–water partition coefficient (Wildman–Crippen LogP) is 1.07. The molecular formula is C13H22N4. The Hall–Kier alpha value is -1.13. The van der Waals surface area contributed by atoms with E-state index in [4.69, 9.17) is 5.73 Å². The monoisotopic (exact) mass is 234 g/mol. The smallest absolute Gasteiger partial charge is 0.0772 e. The summed E-state index contributed by atoms with van der Waals surface area (Å²) in [5.41, 5.74) is 7.95. The van der Waals surface area contributed by atoms with Crippen LogP contribution in [0, 0.1) is 0 Å². The molecule has 1 aromatic rings. The summed E-state index contributed by atoms with van der Waals surface area (Å²) >= 11 is 0. The summed E-state index contributed by atoms with van der Waals surface area (Å²) in [5, 5.41) is 0. The lowest BCUT2D eigenvalue weighted by atomic mass is 10.2. The Morgan fingerprint density at radius 1 is 1.29 bits per heavy atom. The van der Waals surface area contributed by atoms with E-state index in [1.165, 1.54) is 5.69 Å². The van der Waals surface area contributed by atoms with Crippen LogP contribution < -0.4 is 10.6 Å². The highest BCUT2D eigenvalue weighted by atomic mass is 15.3. The molecule has 2 heterocycles. The summed E-state index contributed by atoms with van der Waals surface area (Å²) in [6.45, 7) is 9.40. The van der Waals surface area contributed by atoms with Crippen molar-refractivity contribution in [2.24, 2.45) is 5.73 Å². The van der Waals surface area contributed by atoms with Crippen molar-refractivity contribution in [2.45, 2.75) is 26.4 Å². The van der Waals surface area contributed by atoms with E-state index in [0.717, 1.165) is 31.9 Å². The standard InChI is InChI=1S/C13H22N4/c1-11(2)16-6-8-17(9-7-16)13-4-3-5-15-12(13)10-14/h3-5,11H,6-10,14H2,1-2H3. The van der Waals surface area contributed by atoms with E-state index < -0.39 is 0 Å². The molecule has 1 aliphatic heterocycles. The van der Waals surface area contributed by atoms with Crippen LogP contribution >= 0.6 is 0 Å². The van der Waals surface area contributed by atoms with Crippen molar-refractivity contribution in [1.82, 2.24) is 9.88 Å². The van der Waals surface area contributed by atoms with Crippen molar-refractivity contribution in [2.75, 3.05) is 31.1 Å². The molecule has 0 unspecified atom stereocenters. The minimum Gasteiger partial charge on any atom is -0.367 e. The Balaban J connectivity index is 2.05. The number of pyridine rings is 1. The zero-order valence-electron chi connectivity index (χ0n) is 10.8. The van der Waals surface area contributed by atoms with Gasteiger partial charge in [0.15, 0.2) is 0 Å². The van der Waals surface area contributed by atoms with Gasteiger partial charge in [-0.1, -0.05) is 0 Å². The van der Waals surface area contributed by atoms with Gasteiger partial charge in [-0.15, -0.1) is 0 Å². The number of piperazine rings is 1. The predicted molar refractivity (Wildman–Crippen MR) is 71.1 cm³/mol. The van der Waals surface area contributed by atoms with Crippen LogP contribution in [0.4, 0.5) is 5.69 Å². The fourth-order valence-corrected chi connectivity index (χ4v) is 2.35. The molecule has 0 atom stereocenters. The zero-order valence-corrected chi connectivity index (χ0v) is 10.8. The Labute approximate surface area is 103 Å². The second-order valence-electron chi connectivity index (χ2n) is 4.79. The maximum Gasteiger partial charge on any atom is 0.0772 e. The lowest BCUT2D eigenvalue weighted by Crippen LogP contribution is -2.49. The quantitative estimate of drug-likeness (QED) is 0.850. The van der Waals surface area contributed by atoms with Gasteiger partial charge < -0.3 is 10.6 Å². The SMILES string of the molecule is CC(C)N1CCN(c2cccnc2CN)CC1. The molecule has 4 heteroatoms. The van der Waals surface area contributed by atoms with Gasteiger partial charge in [0.05, 0.1) is 11.4 Å². The molecule has 1 fully saturated rings. The Kier molecular flexibility index (Phi) is 3.97. The Bertz CT molecular complexity index is 356. The number of nitrogens with zero attached hydrogens (tertiary/aromatic N) is 3. The average molecular weight is 234 g/mol. The van der Waals surface area contributed by atoms with E-state index in [2.05, 4.69) is 34.7 Å². The number of anilines is 1. The average Bonchev–Trinajstić information content (AvgIpc) is 2.39. The van der Waals surface area contributed by atoms with Crippen LogP contribution in [0.3, 0.4) is 0 Å². The van der Waals surface area contributed by atoms with Crippen LogP contribution in [0.2, 0.25) is 0 Å². The first-order valence-electron chi connectivity index (χ1n) is 6.35. The fraction of sp³-hybridized carbons (Fsp3) is 0.615. The van der Waals surface area contributed by atoms with Crippen molar-refractivity contribution in [3.63, 3.8) is 0 Å². The molecule has 4 nitrogen and oxygen atoms in total. The normalized spacial score (nSPS) is 17.8. The molecule has 0 aliphatic carbocycles. The summed E-state index contributed by atoms with van der Waals surface area (Å²) in [6.07, 6.45) is 1.82. The van der Waals surface area contributed by atoms with E-state index in [1.807, 2.05) is 12.3 Å². The van der Waals surface area contributed by atoms with Gasteiger partial charge in [0.25, 0.3) is 0 Å². The highest BCUT2D eigenvalue weighted by Gasteiger charge is 2.20. The first-order valence-corrected chi connectivity index (χ1v) is 6.35. The molecule has 0 saturated carbocycles. The minimum absolute atomic E-state index is 0.514. The first-order chi connectivity index (χ1) is 8.22. The molecule has 1 aliphatic rings. The summed E-state index contributed by atoms with van der Waals surface area (Å²) in [6, 6.07) is 4.75. The number of hydrogen-bond acceptors (Lipinski definition) is 4. The summed E-state index contributed by atoms with van der Waals surface area (Å²) < 4.78 is 0. The lowest BCUT2D eigenvalue weighted by molar-refractivity contribution is 0.209. The fourth-order valence-electron chi connectivity index (χ4n) is 2.35. The zero-order chi connectivity index (χ0) is 12.3. The summed E-state index contributed by atoms with van der Waals surface area (Å²) in [5.74, 6) is 0. The van der Waals surface area contributed by atoms with Crippen LogP contribution in [-0.4, -0.2) is 42.1 Å². The summed E-state index contributed by atoms with van der Waals surface area (Å²) in [7, 11) is 0. The van der Waals surface area contributed by atoms with Crippen molar-refractivity contribution < 1.29 is 0 Å². The third-order valence-corrected chi connectivity index (χ3v) is 3.44. The first kappa shape index (κ1) is 12.3. The number of aromatic nitrogens is 1. The number of nitrogens with two attached hydrogens (primary N) is 1. The molecule has 1 saturated heterocycles. The molecule has 17 heavy (non-hydrogen) atoms. The molecule has 0 aromatic carbocycles. The Morgan fingerprint density at radius 3 is 2.59 bits per heavy atom. The minimum atomic E-state index is 0.514. The molecular weight excluding hydrogens is 212 g/mol. The van der Waals surface area contributed by atoms with Crippen LogP contribution in [0.15, 0.2) is 18.3 Å². The molecule has 2 N–H and O–H groups in total. The van der Waals surface area contributed by atoms with Gasteiger partial charge >= 0.3 is 0 Å². The maximum absolute atomic E-state index is 5.73. The van der Waals surface area contributed by atoms with Crippen LogP contribution in [-0.2, 0) is 6.54 Å². The molecule has 94 valence electrons. The van der Waals surface area contributed by atoms with Crippen LogP contribution in [0.1, 0.15) is 19.5 Å².